The molecule has 19 heavy (non-hydrogen) atoms. The summed E-state index contributed by atoms with van der Waals surface area (Å²) < 4.78 is 1.00. The molecule has 0 radical (unpaired) electrons. The number of nitrogens with zero attached hydrogens (tertiary/aromatic N) is 1. The molecule has 1 atom stereocenters. The second-order valence-electron chi connectivity index (χ2n) is 4.88. The SMILES string of the molecule is CCC(C)c1ccc(Nc2ncc(Br)cc2C)cc1. The lowest BCUT2D eigenvalue weighted by Gasteiger charge is -2.12. The lowest BCUT2D eigenvalue weighted by atomic mass is 9.99. The first-order valence-corrected chi connectivity index (χ1v) is 7.38. The Morgan fingerprint density at radius 2 is 1.95 bits per heavy atom. The van der Waals surface area contributed by atoms with E-state index in [2.05, 4.69) is 70.4 Å². The highest BCUT2D eigenvalue weighted by Crippen LogP contribution is 2.24. The van der Waals surface area contributed by atoms with Crippen molar-refractivity contribution in [1.29, 1.82) is 0 Å². The molecule has 0 amide bonds. The van der Waals surface area contributed by atoms with E-state index >= 15 is 0 Å². The Balaban J connectivity index is 2.15. The smallest absolute Gasteiger partial charge is 0.133 e. The Kier molecular flexibility index (Phi) is 4.59. The highest BCUT2D eigenvalue weighted by atomic mass is 79.9. The van der Waals surface area contributed by atoms with Crippen LogP contribution in [0.5, 0.6) is 0 Å². The molecule has 1 aromatic heterocycles. The van der Waals surface area contributed by atoms with Crippen molar-refractivity contribution in [3.63, 3.8) is 0 Å². The number of hydrogen-bond acceptors (Lipinski definition) is 2. The molecule has 0 spiro atoms. The molecule has 3 heteroatoms. The number of rotatable bonds is 4. The molecule has 100 valence electrons. The summed E-state index contributed by atoms with van der Waals surface area (Å²) in [5.74, 6) is 1.51. The summed E-state index contributed by atoms with van der Waals surface area (Å²) in [6.45, 7) is 6.52. The molecule has 0 saturated heterocycles. The Bertz CT molecular complexity index is 549. The zero-order valence-corrected chi connectivity index (χ0v) is 13.2. The molecule has 0 bridgehead atoms. The van der Waals surface area contributed by atoms with Gasteiger partial charge in [-0.15, -0.1) is 0 Å². The summed E-state index contributed by atoms with van der Waals surface area (Å²) in [4.78, 5) is 4.39. The Morgan fingerprint density at radius 1 is 1.26 bits per heavy atom. The van der Waals surface area contributed by atoms with Crippen molar-refractivity contribution >= 4 is 27.4 Å². The van der Waals surface area contributed by atoms with Gasteiger partial charge in [-0.25, -0.2) is 4.98 Å². The average Bonchev–Trinajstić information content (AvgIpc) is 2.42. The van der Waals surface area contributed by atoms with E-state index in [9.17, 15) is 0 Å². The summed E-state index contributed by atoms with van der Waals surface area (Å²) in [5, 5.41) is 3.35. The van der Waals surface area contributed by atoms with E-state index < -0.39 is 0 Å². The van der Waals surface area contributed by atoms with Gasteiger partial charge >= 0.3 is 0 Å². The van der Waals surface area contributed by atoms with Gasteiger partial charge in [0.25, 0.3) is 0 Å². The maximum Gasteiger partial charge on any atom is 0.133 e. The van der Waals surface area contributed by atoms with Gasteiger partial charge in [-0.05, 0) is 64.5 Å². The number of pyridine rings is 1. The summed E-state index contributed by atoms with van der Waals surface area (Å²) in [7, 11) is 0. The predicted octanol–water partition coefficient (Wildman–Crippen LogP) is 5.41. The van der Waals surface area contributed by atoms with Gasteiger partial charge in [0, 0.05) is 16.4 Å². The third kappa shape index (κ3) is 3.57. The summed E-state index contributed by atoms with van der Waals surface area (Å²) >= 11 is 3.42. The van der Waals surface area contributed by atoms with Crippen molar-refractivity contribution < 1.29 is 0 Å². The number of aryl methyl sites for hydroxylation is 1. The first-order valence-electron chi connectivity index (χ1n) is 6.59. The van der Waals surface area contributed by atoms with E-state index in [1.165, 1.54) is 12.0 Å². The number of benzene rings is 1. The number of hydrogen-bond donors (Lipinski definition) is 1. The zero-order valence-electron chi connectivity index (χ0n) is 11.6. The van der Waals surface area contributed by atoms with Crippen LogP contribution in [-0.4, -0.2) is 4.98 Å². The molecule has 0 fully saturated rings. The number of anilines is 2. The largest absolute Gasteiger partial charge is 0.340 e. The molecular weight excluding hydrogens is 300 g/mol. The van der Waals surface area contributed by atoms with Crippen molar-refractivity contribution in [3.05, 3.63) is 52.1 Å². The minimum Gasteiger partial charge on any atom is -0.340 e. The van der Waals surface area contributed by atoms with Gasteiger partial charge in [0.15, 0.2) is 0 Å². The normalized spacial score (nSPS) is 12.2. The van der Waals surface area contributed by atoms with Crippen LogP contribution < -0.4 is 5.32 Å². The predicted molar refractivity (Wildman–Crippen MR) is 85.1 cm³/mol. The van der Waals surface area contributed by atoms with Crippen molar-refractivity contribution in [2.75, 3.05) is 5.32 Å². The third-order valence-electron chi connectivity index (χ3n) is 3.40. The maximum atomic E-state index is 4.39. The Labute approximate surface area is 123 Å². The van der Waals surface area contributed by atoms with Crippen LogP contribution in [0.25, 0.3) is 0 Å². The van der Waals surface area contributed by atoms with Crippen LogP contribution in [-0.2, 0) is 0 Å². The zero-order chi connectivity index (χ0) is 13.8. The molecule has 0 aliphatic heterocycles. The van der Waals surface area contributed by atoms with Gasteiger partial charge < -0.3 is 5.32 Å². The molecular formula is C16H19BrN2. The highest BCUT2D eigenvalue weighted by molar-refractivity contribution is 9.10. The monoisotopic (exact) mass is 318 g/mol. The fourth-order valence-electron chi connectivity index (χ4n) is 1.94. The number of halogens is 1. The molecule has 2 aromatic rings. The fraction of sp³-hybridized carbons (Fsp3) is 0.312. The quantitative estimate of drug-likeness (QED) is 0.815. The molecule has 1 unspecified atom stereocenters. The number of nitrogens with one attached hydrogen (secondary N) is 1. The second kappa shape index (κ2) is 6.20. The van der Waals surface area contributed by atoms with Crippen LogP contribution in [0.4, 0.5) is 11.5 Å². The Hall–Kier alpha value is -1.35. The lowest BCUT2D eigenvalue weighted by molar-refractivity contribution is 0.734. The summed E-state index contributed by atoms with van der Waals surface area (Å²) in [5.41, 5.74) is 3.58. The number of aromatic nitrogens is 1. The fourth-order valence-corrected chi connectivity index (χ4v) is 2.38. The molecule has 0 saturated carbocycles. The van der Waals surface area contributed by atoms with Gasteiger partial charge in [0.2, 0.25) is 0 Å². The second-order valence-corrected chi connectivity index (χ2v) is 5.79. The van der Waals surface area contributed by atoms with Gasteiger partial charge in [-0.1, -0.05) is 26.0 Å². The van der Waals surface area contributed by atoms with Crippen molar-refractivity contribution in [3.8, 4) is 0 Å². The molecule has 2 rings (SSSR count). The Morgan fingerprint density at radius 3 is 2.53 bits per heavy atom. The summed E-state index contributed by atoms with van der Waals surface area (Å²) in [6.07, 6.45) is 2.98. The molecule has 1 heterocycles. The van der Waals surface area contributed by atoms with E-state index in [4.69, 9.17) is 0 Å². The molecule has 0 aliphatic rings. The minimum atomic E-state index is 0.613. The highest BCUT2D eigenvalue weighted by Gasteiger charge is 2.04. The minimum absolute atomic E-state index is 0.613. The van der Waals surface area contributed by atoms with E-state index in [0.717, 1.165) is 21.5 Å². The molecule has 0 aliphatic carbocycles. The van der Waals surface area contributed by atoms with Crippen molar-refractivity contribution in [1.82, 2.24) is 4.98 Å². The lowest BCUT2D eigenvalue weighted by Crippen LogP contribution is -1.97. The van der Waals surface area contributed by atoms with Crippen LogP contribution >= 0.6 is 15.9 Å². The summed E-state index contributed by atoms with van der Waals surface area (Å²) in [6, 6.07) is 10.7. The standard InChI is InChI=1S/C16H19BrN2/c1-4-11(2)13-5-7-15(8-6-13)19-16-12(3)9-14(17)10-18-16/h5-11H,4H2,1-3H3,(H,18,19). The van der Waals surface area contributed by atoms with E-state index in [0.29, 0.717) is 5.92 Å². The van der Waals surface area contributed by atoms with Gasteiger partial charge in [0.1, 0.15) is 5.82 Å². The molecule has 2 nitrogen and oxygen atoms in total. The van der Waals surface area contributed by atoms with Gasteiger partial charge in [-0.3, -0.25) is 0 Å². The molecule has 1 N–H and O–H groups in total. The maximum absolute atomic E-state index is 4.39. The topological polar surface area (TPSA) is 24.9 Å². The van der Waals surface area contributed by atoms with E-state index in [1.807, 2.05) is 13.1 Å². The van der Waals surface area contributed by atoms with Crippen LogP contribution in [0.1, 0.15) is 37.3 Å². The van der Waals surface area contributed by atoms with Gasteiger partial charge in [-0.2, -0.15) is 0 Å². The van der Waals surface area contributed by atoms with Crippen molar-refractivity contribution in [2.24, 2.45) is 0 Å². The third-order valence-corrected chi connectivity index (χ3v) is 3.83. The van der Waals surface area contributed by atoms with Crippen LogP contribution in [0, 0.1) is 6.92 Å². The van der Waals surface area contributed by atoms with Crippen LogP contribution in [0.2, 0.25) is 0 Å². The van der Waals surface area contributed by atoms with Crippen molar-refractivity contribution in [2.45, 2.75) is 33.1 Å². The van der Waals surface area contributed by atoms with E-state index in [-0.39, 0.29) is 0 Å². The van der Waals surface area contributed by atoms with Crippen LogP contribution in [0.15, 0.2) is 41.0 Å². The average molecular weight is 319 g/mol. The first-order chi connectivity index (χ1) is 9.10. The van der Waals surface area contributed by atoms with Crippen LogP contribution in [0.3, 0.4) is 0 Å². The van der Waals surface area contributed by atoms with E-state index in [1.54, 1.807) is 0 Å². The first kappa shape index (κ1) is 14.1. The molecule has 1 aromatic carbocycles. The van der Waals surface area contributed by atoms with Gasteiger partial charge in [0.05, 0.1) is 0 Å².